The van der Waals surface area contributed by atoms with E-state index in [-0.39, 0.29) is 5.38 Å². The van der Waals surface area contributed by atoms with Gasteiger partial charge in [-0.15, -0.1) is 11.6 Å². The summed E-state index contributed by atoms with van der Waals surface area (Å²) >= 11 is 3.66. The Kier molecular flexibility index (Phi) is 3.90. The van der Waals surface area contributed by atoms with Crippen LogP contribution >= 0.6 is 11.6 Å². The minimum Gasteiger partial charge on any atom is -0.768 e. The number of benzene rings is 1. The summed E-state index contributed by atoms with van der Waals surface area (Å²) in [5.74, 6) is 0. The quantitative estimate of drug-likeness (QED) is 0.575. The predicted molar refractivity (Wildman–Crippen MR) is 52.6 cm³/mol. The molecule has 13 heavy (non-hydrogen) atoms. The average molecular weight is 218 g/mol. The Hall–Kier alpha value is -0.380. The van der Waals surface area contributed by atoms with Gasteiger partial charge in [-0.3, -0.25) is 4.21 Å². The minimum atomic E-state index is -2.13. The zero-order chi connectivity index (χ0) is 9.84. The van der Waals surface area contributed by atoms with Crippen molar-refractivity contribution in [3.05, 3.63) is 29.8 Å². The molecule has 0 aromatic heterocycles. The first kappa shape index (κ1) is 10.7. The monoisotopic (exact) mass is 217 g/mol. The van der Waals surface area contributed by atoms with Gasteiger partial charge < -0.3 is 4.55 Å². The van der Waals surface area contributed by atoms with E-state index in [0.29, 0.717) is 4.90 Å². The van der Waals surface area contributed by atoms with Crippen molar-refractivity contribution < 1.29 is 8.76 Å². The fourth-order valence-electron chi connectivity index (χ4n) is 1.06. The van der Waals surface area contributed by atoms with E-state index in [1.165, 1.54) is 0 Å². The van der Waals surface area contributed by atoms with Gasteiger partial charge in [0.15, 0.2) is 0 Å². The lowest BCUT2D eigenvalue weighted by Gasteiger charge is -2.07. The molecule has 4 heteroatoms. The zero-order valence-electron chi connectivity index (χ0n) is 7.20. The third kappa shape index (κ3) is 3.46. The van der Waals surface area contributed by atoms with Gasteiger partial charge in [0.2, 0.25) is 0 Å². The van der Waals surface area contributed by atoms with Crippen LogP contribution < -0.4 is 0 Å². The summed E-state index contributed by atoms with van der Waals surface area (Å²) in [6.07, 6.45) is 0.757. The van der Waals surface area contributed by atoms with Gasteiger partial charge in [0.1, 0.15) is 0 Å². The molecule has 1 aromatic carbocycles. The van der Waals surface area contributed by atoms with E-state index in [9.17, 15) is 8.76 Å². The Morgan fingerprint density at radius 2 is 2.00 bits per heavy atom. The van der Waals surface area contributed by atoms with Gasteiger partial charge in [-0.05, 0) is 42.1 Å². The first-order valence-electron chi connectivity index (χ1n) is 3.92. The smallest absolute Gasteiger partial charge is 0.0348 e. The maximum absolute atomic E-state index is 10.5. The number of alkyl halides is 1. The van der Waals surface area contributed by atoms with Crippen molar-refractivity contribution in [2.45, 2.75) is 23.6 Å². The van der Waals surface area contributed by atoms with Crippen LogP contribution in [0, 0.1) is 0 Å². The molecule has 0 amide bonds. The third-order valence-electron chi connectivity index (χ3n) is 1.63. The lowest BCUT2D eigenvalue weighted by Crippen LogP contribution is -1.97. The van der Waals surface area contributed by atoms with Gasteiger partial charge in [-0.2, -0.15) is 0 Å². The molecule has 2 atom stereocenters. The van der Waals surface area contributed by atoms with Gasteiger partial charge >= 0.3 is 0 Å². The van der Waals surface area contributed by atoms with Crippen molar-refractivity contribution in [2.24, 2.45) is 0 Å². The SMILES string of the molecule is CC(Cl)Cc1ccc(S(=O)[O-])cc1. The summed E-state index contributed by atoms with van der Waals surface area (Å²) in [4.78, 5) is 0.311. The summed E-state index contributed by atoms with van der Waals surface area (Å²) in [5.41, 5.74) is 1.05. The summed E-state index contributed by atoms with van der Waals surface area (Å²) < 4.78 is 21.0. The summed E-state index contributed by atoms with van der Waals surface area (Å²) in [7, 11) is 0. The lowest BCUT2D eigenvalue weighted by molar-refractivity contribution is 0.537. The molecule has 0 bridgehead atoms. The molecule has 2 unspecified atom stereocenters. The Bertz CT molecular complexity index is 295. The van der Waals surface area contributed by atoms with Crippen LogP contribution in [0.1, 0.15) is 12.5 Å². The van der Waals surface area contributed by atoms with E-state index in [2.05, 4.69) is 0 Å². The van der Waals surface area contributed by atoms with Crippen LogP contribution in [0.15, 0.2) is 29.2 Å². The standard InChI is InChI=1S/C9H11ClO2S/c1-7(10)6-8-2-4-9(5-3-8)13(11)12/h2-5,7H,6H2,1H3,(H,11,12)/p-1. The minimum absolute atomic E-state index is 0.0728. The molecule has 1 rings (SSSR count). The van der Waals surface area contributed by atoms with Gasteiger partial charge in [-0.1, -0.05) is 12.1 Å². The van der Waals surface area contributed by atoms with Crippen LogP contribution in [-0.4, -0.2) is 14.1 Å². The molecule has 0 fully saturated rings. The lowest BCUT2D eigenvalue weighted by atomic mass is 10.1. The highest BCUT2D eigenvalue weighted by Gasteiger charge is 1.99. The number of rotatable bonds is 3. The molecule has 0 aliphatic rings. The fourth-order valence-corrected chi connectivity index (χ4v) is 1.60. The van der Waals surface area contributed by atoms with Crippen molar-refractivity contribution in [3.63, 3.8) is 0 Å². The maximum Gasteiger partial charge on any atom is 0.0348 e. The van der Waals surface area contributed by atoms with E-state index >= 15 is 0 Å². The van der Waals surface area contributed by atoms with Crippen molar-refractivity contribution in [3.8, 4) is 0 Å². The van der Waals surface area contributed by atoms with Gasteiger partial charge in [-0.25, -0.2) is 0 Å². The molecule has 0 saturated heterocycles. The normalized spacial score (nSPS) is 15.3. The first-order valence-corrected chi connectivity index (χ1v) is 5.43. The van der Waals surface area contributed by atoms with E-state index in [0.717, 1.165) is 12.0 Å². The van der Waals surface area contributed by atoms with Crippen LogP contribution in [0.2, 0.25) is 0 Å². The van der Waals surface area contributed by atoms with Crippen molar-refractivity contribution in [2.75, 3.05) is 0 Å². The predicted octanol–water partition coefficient (Wildman–Crippen LogP) is 2.09. The van der Waals surface area contributed by atoms with Gasteiger partial charge in [0.05, 0.1) is 0 Å². The molecular formula is C9H10ClO2S-. The zero-order valence-corrected chi connectivity index (χ0v) is 8.77. The van der Waals surface area contributed by atoms with E-state index in [4.69, 9.17) is 11.6 Å². The summed E-state index contributed by atoms with van der Waals surface area (Å²) in [6, 6.07) is 6.73. The molecule has 0 N–H and O–H groups in total. The van der Waals surface area contributed by atoms with Crippen LogP contribution in [0.5, 0.6) is 0 Å². The third-order valence-corrected chi connectivity index (χ3v) is 2.44. The highest BCUT2D eigenvalue weighted by molar-refractivity contribution is 7.79. The summed E-state index contributed by atoms with van der Waals surface area (Å²) in [6.45, 7) is 1.90. The highest BCUT2D eigenvalue weighted by atomic mass is 35.5. The van der Waals surface area contributed by atoms with Crippen LogP contribution in [-0.2, 0) is 17.5 Å². The van der Waals surface area contributed by atoms with Crippen molar-refractivity contribution in [1.82, 2.24) is 0 Å². The molecule has 2 nitrogen and oxygen atoms in total. The second kappa shape index (κ2) is 4.74. The largest absolute Gasteiger partial charge is 0.768 e. The van der Waals surface area contributed by atoms with Crippen LogP contribution in [0.4, 0.5) is 0 Å². The van der Waals surface area contributed by atoms with Crippen molar-refractivity contribution >= 4 is 22.7 Å². The number of hydrogen-bond acceptors (Lipinski definition) is 2. The molecule has 0 radical (unpaired) electrons. The Balaban J connectivity index is 2.75. The van der Waals surface area contributed by atoms with Gasteiger partial charge in [0, 0.05) is 10.3 Å². The Morgan fingerprint density at radius 3 is 2.38 bits per heavy atom. The molecule has 1 aromatic rings. The molecule has 0 saturated carbocycles. The average Bonchev–Trinajstić information content (AvgIpc) is 2.04. The fraction of sp³-hybridized carbons (Fsp3) is 0.333. The number of hydrogen-bond donors (Lipinski definition) is 0. The molecule has 0 spiro atoms. The second-order valence-electron chi connectivity index (χ2n) is 2.86. The second-order valence-corrected chi connectivity index (χ2v) is 4.55. The first-order chi connectivity index (χ1) is 6.09. The number of halogens is 1. The Morgan fingerprint density at radius 1 is 1.46 bits per heavy atom. The van der Waals surface area contributed by atoms with Crippen LogP contribution in [0.25, 0.3) is 0 Å². The van der Waals surface area contributed by atoms with E-state index in [1.54, 1.807) is 24.3 Å². The molecular weight excluding hydrogens is 208 g/mol. The Labute approximate surface area is 85.2 Å². The van der Waals surface area contributed by atoms with Gasteiger partial charge in [0.25, 0.3) is 0 Å². The summed E-state index contributed by atoms with van der Waals surface area (Å²) in [5, 5.41) is 0.0728. The molecule has 0 aliphatic carbocycles. The molecule has 0 aliphatic heterocycles. The van der Waals surface area contributed by atoms with E-state index < -0.39 is 11.1 Å². The van der Waals surface area contributed by atoms with E-state index in [1.807, 2.05) is 6.92 Å². The van der Waals surface area contributed by atoms with Crippen molar-refractivity contribution in [1.29, 1.82) is 0 Å². The molecule has 72 valence electrons. The topological polar surface area (TPSA) is 40.1 Å². The molecule has 0 heterocycles. The van der Waals surface area contributed by atoms with Crippen LogP contribution in [0.3, 0.4) is 0 Å². The maximum atomic E-state index is 10.5. The highest BCUT2D eigenvalue weighted by Crippen LogP contribution is 2.11.